The lowest BCUT2D eigenvalue weighted by atomic mass is 10.1. The molecule has 0 atom stereocenters. The maximum absolute atomic E-state index is 12.3. The molecule has 0 unspecified atom stereocenters. The zero-order valence-corrected chi connectivity index (χ0v) is 19.4. The molecule has 0 bridgehead atoms. The van der Waals surface area contributed by atoms with E-state index in [4.69, 9.17) is 11.6 Å². The van der Waals surface area contributed by atoms with Crippen molar-refractivity contribution in [3.63, 3.8) is 0 Å². The highest BCUT2D eigenvalue weighted by Gasteiger charge is 2.13. The van der Waals surface area contributed by atoms with Gasteiger partial charge >= 0.3 is 0 Å². The van der Waals surface area contributed by atoms with E-state index >= 15 is 0 Å². The molecule has 32 heavy (non-hydrogen) atoms. The van der Waals surface area contributed by atoms with Crippen LogP contribution in [0.2, 0.25) is 5.02 Å². The number of benzene rings is 2. The molecule has 7 nitrogen and oxygen atoms in total. The summed E-state index contributed by atoms with van der Waals surface area (Å²) < 4.78 is 1.76. The molecule has 166 valence electrons. The molecule has 0 saturated carbocycles. The van der Waals surface area contributed by atoms with Gasteiger partial charge in [0.2, 0.25) is 11.8 Å². The SMILES string of the molecule is CCc1ccccc1NC(=O)CSc1nnc(CNC(=O)/C=C/c2ccccc2Cl)n1C. The number of thioether (sulfide) groups is 1. The average Bonchev–Trinajstić information content (AvgIpc) is 3.15. The lowest BCUT2D eigenvalue weighted by Gasteiger charge is -2.09. The number of amides is 2. The van der Waals surface area contributed by atoms with Gasteiger partial charge in [-0.25, -0.2) is 0 Å². The van der Waals surface area contributed by atoms with Crippen LogP contribution in [0.3, 0.4) is 0 Å². The van der Waals surface area contributed by atoms with Crippen LogP contribution in [0.4, 0.5) is 5.69 Å². The third-order valence-electron chi connectivity index (χ3n) is 4.67. The Hall–Kier alpha value is -3.10. The zero-order chi connectivity index (χ0) is 22.9. The standard InChI is InChI=1S/C23H24ClN5O2S/c1-3-16-8-5-7-11-19(16)26-22(31)15-32-23-28-27-20(29(23)2)14-25-21(30)13-12-17-9-4-6-10-18(17)24/h4-13H,3,14-15H2,1-2H3,(H,25,30)(H,26,31)/b13-12+. The smallest absolute Gasteiger partial charge is 0.244 e. The normalized spacial score (nSPS) is 11.0. The third-order valence-corrected chi connectivity index (χ3v) is 6.03. The lowest BCUT2D eigenvalue weighted by molar-refractivity contribution is -0.116. The van der Waals surface area contributed by atoms with Crippen LogP contribution in [-0.4, -0.2) is 32.3 Å². The van der Waals surface area contributed by atoms with Crippen LogP contribution >= 0.6 is 23.4 Å². The average molecular weight is 470 g/mol. The molecule has 2 aromatic carbocycles. The van der Waals surface area contributed by atoms with Crippen molar-refractivity contribution in [2.24, 2.45) is 7.05 Å². The fraction of sp³-hybridized carbons (Fsp3) is 0.217. The van der Waals surface area contributed by atoms with Crippen LogP contribution < -0.4 is 10.6 Å². The molecule has 3 aromatic rings. The fourth-order valence-electron chi connectivity index (χ4n) is 2.89. The maximum Gasteiger partial charge on any atom is 0.244 e. The highest BCUT2D eigenvalue weighted by Crippen LogP contribution is 2.19. The van der Waals surface area contributed by atoms with E-state index in [1.165, 1.54) is 17.8 Å². The minimum absolute atomic E-state index is 0.113. The number of aromatic nitrogens is 3. The van der Waals surface area contributed by atoms with Crippen molar-refractivity contribution < 1.29 is 9.59 Å². The van der Waals surface area contributed by atoms with Gasteiger partial charge in [-0.2, -0.15) is 0 Å². The van der Waals surface area contributed by atoms with Gasteiger partial charge in [-0.3, -0.25) is 9.59 Å². The second-order valence-corrected chi connectivity index (χ2v) is 8.23. The summed E-state index contributed by atoms with van der Waals surface area (Å²) in [5, 5.41) is 15.1. The van der Waals surface area contributed by atoms with Crippen molar-refractivity contribution in [1.82, 2.24) is 20.1 Å². The second-order valence-electron chi connectivity index (χ2n) is 6.88. The number of anilines is 1. The highest BCUT2D eigenvalue weighted by molar-refractivity contribution is 7.99. The molecule has 0 fully saturated rings. The summed E-state index contributed by atoms with van der Waals surface area (Å²) in [6.45, 7) is 2.26. The van der Waals surface area contributed by atoms with Gasteiger partial charge in [-0.05, 0) is 35.8 Å². The third kappa shape index (κ3) is 6.45. The van der Waals surface area contributed by atoms with E-state index in [-0.39, 0.29) is 24.1 Å². The number of aryl methyl sites for hydroxylation is 1. The Morgan fingerprint density at radius 2 is 1.88 bits per heavy atom. The molecular weight excluding hydrogens is 446 g/mol. The first-order chi connectivity index (χ1) is 15.5. The second kappa shape index (κ2) is 11.5. The van der Waals surface area contributed by atoms with Crippen LogP contribution in [0.5, 0.6) is 0 Å². The van der Waals surface area contributed by atoms with Gasteiger partial charge in [0.25, 0.3) is 0 Å². The van der Waals surface area contributed by atoms with E-state index in [0.29, 0.717) is 16.0 Å². The Bertz CT molecular complexity index is 1130. The molecule has 0 radical (unpaired) electrons. The molecule has 0 aliphatic rings. The van der Waals surface area contributed by atoms with Crippen molar-refractivity contribution in [3.05, 3.63) is 76.6 Å². The van der Waals surface area contributed by atoms with Crippen LogP contribution in [0.25, 0.3) is 6.08 Å². The summed E-state index contributed by atoms with van der Waals surface area (Å²) in [6, 6.07) is 15.0. The highest BCUT2D eigenvalue weighted by atomic mass is 35.5. The molecular formula is C23H24ClN5O2S. The summed E-state index contributed by atoms with van der Waals surface area (Å²) in [7, 11) is 1.80. The van der Waals surface area contributed by atoms with Crippen LogP contribution in [0, 0.1) is 0 Å². The molecule has 9 heteroatoms. The number of hydrogen-bond donors (Lipinski definition) is 2. The first-order valence-corrected chi connectivity index (χ1v) is 11.4. The quantitative estimate of drug-likeness (QED) is 0.364. The number of halogens is 1. The molecule has 1 aromatic heterocycles. The van der Waals surface area contributed by atoms with Crippen LogP contribution in [-0.2, 0) is 29.6 Å². The topological polar surface area (TPSA) is 88.9 Å². The number of para-hydroxylation sites is 1. The molecule has 1 heterocycles. The predicted octanol–water partition coefficient (Wildman–Crippen LogP) is 4.09. The Morgan fingerprint density at radius 1 is 1.12 bits per heavy atom. The van der Waals surface area contributed by atoms with E-state index < -0.39 is 0 Å². The monoisotopic (exact) mass is 469 g/mol. The van der Waals surface area contributed by atoms with Crippen molar-refractivity contribution in [2.45, 2.75) is 25.0 Å². The first-order valence-electron chi connectivity index (χ1n) is 10.1. The summed E-state index contributed by atoms with van der Waals surface area (Å²) in [5.74, 6) is 0.412. The number of hydrogen-bond acceptors (Lipinski definition) is 5. The molecule has 2 N–H and O–H groups in total. The van der Waals surface area contributed by atoms with E-state index in [0.717, 1.165) is 23.2 Å². The Kier molecular flexibility index (Phi) is 8.47. The van der Waals surface area contributed by atoms with Gasteiger partial charge in [0.1, 0.15) is 0 Å². The minimum Gasteiger partial charge on any atom is -0.345 e. The summed E-state index contributed by atoms with van der Waals surface area (Å²) >= 11 is 7.37. The van der Waals surface area contributed by atoms with Crippen LogP contribution in [0.1, 0.15) is 23.9 Å². The van der Waals surface area contributed by atoms with Gasteiger partial charge < -0.3 is 15.2 Å². The maximum atomic E-state index is 12.3. The summed E-state index contributed by atoms with van der Waals surface area (Å²) in [6.07, 6.45) is 3.92. The fourth-order valence-corrected chi connectivity index (χ4v) is 3.82. The van der Waals surface area contributed by atoms with Gasteiger partial charge in [0.05, 0.1) is 12.3 Å². The van der Waals surface area contributed by atoms with E-state index in [1.807, 2.05) is 49.4 Å². The number of nitrogens with zero attached hydrogens (tertiary/aromatic N) is 3. The van der Waals surface area contributed by atoms with Gasteiger partial charge in [-0.1, -0.05) is 66.7 Å². The van der Waals surface area contributed by atoms with Crippen LogP contribution in [0.15, 0.2) is 59.8 Å². The Labute approximate surface area is 196 Å². The van der Waals surface area contributed by atoms with Gasteiger partial charge in [0, 0.05) is 23.8 Å². The summed E-state index contributed by atoms with van der Waals surface area (Å²) in [4.78, 5) is 24.4. The largest absolute Gasteiger partial charge is 0.345 e. The zero-order valence-electron chi connectivity index (χ0n) is 17.8. The minimum atomic E-state index is -0.268. The predicted molar refractivity (Wildman–Crippen MR) is 129 cm³/mol. The number of carbonyl (C=O) groups excluding carboxylic acids is 2. The first kappa shape index (κ1) is 23.6. The molecule has 2 amide bonds. The van der Waals surface area contributed by atoms with Crippen molar-refractivity contribution >= 4 is 46.9 Å². The summed E-state index contributed by atoms with van der Waals surface area (Å²) in [5.41, 5.74) is 2.68. The molecule has 0 spiro atoms. The number of rotatable bonds is 9. The lowest BCUT2D eigenvalue weighted by Crippen LogP contribution is -2.22. The van der Waals surface area contributed by atoms with Crippen molar-refractivity contribution in [1.29, 1.82) is 0 Å². The van der Waals surface area contributed by atoms with Gasteiger partial charge in [-0.15, -0.1) is 10.2 Å². The number of nitrogens with one attached hydrogen (secondary N) is 2. The van der Waals surface area contributed by atoms with E-state index in [9.17, 15) is 9.59 Å². The molecule has 0 aliphatic carbocycles. The van der Waals surface area contributed by atoms with Gasteiger partial charge in [0.15, 0.2) is 11.0 Å². The van der Waals surface area contributed by atoms with E-state index in [2.05, 4.69) is 20.8 Å². The Balaban J connectivity index is 1.50. The van der Waals surface area contributed by atoms with E-state index in [1.54, 1.807) is 23.8 Å². The van der Waals surface area contributed by atoms with Crippen molar-refractivity contribution in [3.8, 4) is 0 Å². The number of carbonyl (C=O) groups is 2. The molecule has 0 saturated heterocycles. The molecule has 3 rings (SSSR count). The Morgan fingerprint density at radius 3 is 2.66 bits per heavy atom. The molecule has 0 aliphatic heterocycles. The van der Waals surface area contributed by atoms with Crippen molar-refractivity contribution in [2.75, 3.05) is 11.1 Å².